The third-order valence-corrected chi connectivity index (χ3v) is 5.36. The molecule has 1 aliphatic rings. The second-order valence-electron chi connectivity index (χ2n) is 7.07. The molecule has 3 rings (SSSR count). The lowest BCUT2D eigenvalue weighted by Gasteiger charge is -2.28. The van der Waals surface area contributed by atoms with Crippen LogP contribution in [0.1, 0.15) is 42.4 Å². The van der Waals surface area contributed by atoms with E-state index < -0.39 is 0 Å². The van der Waals surface area contributed by atoms with Gasteiger partial charge in [-0.25, -0.2) is 9.97 Å². The van der Waals surface area contributed by atoms with Crippen LogP contribution in [0.15, 0.2) is 35.5 Å². The molecule has 28 heavy (non-hydrogen) atoms. The van der Waals surface area contributed by atoms with Crippen LogP contribution >= 0.6 is 11.8 Å². The first-order chi connectivity index (χ1) is 13.5. The van der Waals surface area contributed by atoms with E-state index in [9.17, 15) is 4.79 Å². The molecular formula is C21H28N4O2S. The maximum Gasteiger partial charge on any atom is 0.251 e. The molecule has 0 saturated carbocycles. The van der Waals surface area contributed by atoms with E-state index in [4.69, 9.17) is 9.72 Å². The number of aryl methyl sites for hydroxylation is 1. The number of thioether (sulfide) groups is 1. The fraction of sp³-hybridized carbons (Fsp3) is 0.476. The fourth-order valence-electron chi connectivity index (χ4n) is 2.91. The number of nitrogens with zero attached hydrogens (tertiary/aromatic N) is 3. The molecule has 1 saturated heterocycles. The second-order valence-corrected chi connectivity index (χ2v) is 8.01. The van der Waals surface area contributed by atoms with Crippen LogP contribution in [0.3, 0.4) is 0 Å². The molecule has 0 bridgehead atoms. The topological polar surface area (TPSA) is 67.3 Å². The Morgan fingerprint density at radius 1 is 1.21 bits per heavy atom. The Bertz CT molecular complexity index is 789. The lowest BCUT2D eigenvalue weighted by Crippen LogP contribution is -2.37. The standard InChI is InChI=1S/C21H28N4O2S/c1-4-18-13-19(25-9-11-27-12-10-25)24-21(23-18)28-14-16-5-7-17(8-6-16)20(26)22-15(2)3/h5-8,13,15H,4,9-12,14H2,1-3H3,(H,22,26). The largest absolute Gasteiger partial charge is 0.378 e. The molecular weight excluding hydrogens is 372 g/mol. The van der Waals surface area contributed by atoms with E-state index in [1.165, 1.54) is 0 Å². The van der Waals surface area contributed by atoms with Crippen molar-refractivity contribution in [3.8, 4) is 0 Å². The summed E-state index contributed by atoms with van der Waals surface area (Å²) in [5, 5.41) is 3.70. The average Bonchev–Trinajstić information content (AvgIpc) is 2.72. The average molecular weight is 401 g/mol. The van der Waals surface area contributed by atoms with Gasteiger partial charge in [0.05, 0.1) is 13.2 Å². The number of rotatable bonds is 7. The molecule has 6 nitrogen and oxygen atoms in total. The lowest BCUT2D eigenvalue weighted by atomic mass is 10.1. The van der Waals surface area contributed by atoms with Crippen LogP contribution < -0.4 is 10.2 Å². The molecule has 0 spiro atoms. The van der Waals surface area contributed by atoms with E-state index in [1.54, 1.807) is 11.8 Å². The third-order valence-electron chi connectivity index (χ3n) is 4.45. The zero-order valence-corrected chi connectivity index (χ0v) is 17.6. The molecule has 1 fully saturated rings. The van der Waals surface area contributed by atoms with E-state index in [2.05, 4.69) is 28.2 Å². The summed E-state index contributed by atoms with van der Waals surface area (Å²) in [6, 6.07) is 9.94. The highest BCUT2D eigenvalue weighted by Gasteiger charge is 2.15. The van der Waals surface area contributed by atoms with Crippen molar-refractivity contribution in [3.63, 3.8) is 0 Å². The molecule has 1 aromatic carbocycles. The first-order valence-corrected chi connectivity index (χ1v) is 10.8. The summed E-state index contributed by atoms with van der Waals surface area (Å²) in [6.07, 6.45) is 0.882. The summed E-state index contributed by atoms with van der Waals surface area (Å²) in [5.74, 6) is 1.71. The van der Waals surface area contributed by atoms with Gasteiger partial charge in [-0.3, -0.25) is 4.79 Å². The number of morpholine rings is 1. The number of benzene rings is 1. The third kappa shape index (κ3) is 5.69. The number of aromatic nitrogens is 2. The Morgan fingerprint density at radius 2 is 1.93 bits per heavy atom. The van der Waals surface area contributed by atoms with Crippen molar-refractivity contribution < 1.29 is 9.53 Å². The van der Waals surface area contributed by atoms with Gasteiger partial charge in [0.25, 0.3) is 5.91 Å². The Morgan fingerprint density at radius 3 is 2.57 bits per heavy atom. The Kier molecular flexibility index (Phi) is 7.28. The van der Waals surface area contributed by atoms with Crippen LogP contribution in [0.4, 0.5) is 5.82 Å². The van der Waals surface area contributed by atoms with Gasteiger partial charge in [-0.05, 0) is 38.0 Å². The van der Waals surface area contributed by atoms with Crippen molar-refractivity contribution in [2.24, 2.45) is 0 Å². The number of nitrogens with one attached hydrogen (secondary N) is 1. The van der Waals surface area contributed by atoms with E-state index >= 15 is 0 Å². The van der Waals surface area contributed by atoms with Gasteiger partial charge in [0.15, 0.2) is 5.16 Å². The van der Waals surface area contributed by atoms with Crippen molar-refractivity contribution in [2.45, 2.75) is 44.1 Å². The number of hydrogen-bond donors (Lipinski definition) is 1. The second kappa shape index (κ2) is 9.89. The molecule has 0 atom stereocenters. The van der Waals surface area contributed by atoms with E-state index in [0.29, 0.717) is 5.56 Å². The summed E-state index contributed by atoms with van der Waals surface area (Å²) in [4.78, 5) is 23.7. The zero-order valence-electron chi connectivity index (χ0n) is 16.8. The molecule has 0 unspecified atom stereocenters. The number of carbonyl (C=O) groups excluding carboxylic acids is 1. The maximum atomic E-state index is 12.1. The highest BCUT2D eigenvalue weighted by Crippen LogP contribution is 2.24. The van der Waals surface area contributed by atoms with Crippen LogP contribution in [-0.4, -0.2) is 48.2 Å². The van der Waals surface area contributed by atoms with Crippen LogP contribution in [-0.2, 0) is 16.9 Å². The van der Waals surface area contributed by atoms with Crippen molar-refractivity contribution in [2.75, 3.05) is 31.2 Å². The predicted octanol–water partition coefficient (Wildman–Crippen LogP) is 3.31. The summed E-state index contributed by atoms with van der Waals surface area (Å²) in [6.45, 7) is 9.24. The zero-order chi connectivity index (χ0) is 19.9. The van der Waals surface area contributed by atoms with Crippen molar-refractivity contribution in [1.29, 1.82) is 0 Å². The summed E-state index contributed by atoms with van der Waals surface area (Å²) < 4.78 is 5.44. The normalized spacial score (nSPS) is 14.4. The SMILES string of the molecule is CCc1cc(N2CCOCC2)nc(SCc2ccc(C(=O)NC(C)C)cc2)n1. The lowest BCUT2D eigenvalue weighted by molar-refractivity contribution is 0.0943. The van der Waals surface area contributed by atoms with Gasteiger partial charge in [-0.2, -0.15) is 0 Å². The minimum absolute atomic E-state index is 0.0386. The minimum atomic E-state index is -0.0386. The molecule has 1 aromatic heterocycles. The molecule has 1 amide bonds. The maximum absolute atomic E-state index is 12.1. The molecule has 150 valence electrons. The molecule has 0 radical (unpaired) electrons. The highest BCUT2D eigenvalue weighted by atomic mass is 32.2. The molecule has 1 aliphatic heterocycles. The van der Waals surface area contributed by atoms with E-state index in [-0.39, 0.29) is 11.9 Å². The number of ether oxygens (including phenoxy) is 1. The van der Waals surface area contributed by atoms with Crippen molar-refractivity contribution >= 4 is 23.5 Å². The fourth-order valence-corrected chi connectivity index (χ4v) is 3.73. The monoisotopic (exact) mass is 400 g/mol. The van der Waals surface area contributed by atoms with E-state index in [1.807, 2.05) is 38.1 Å². The van der Waals surface area contributed by atoms with Crippen molar-refractivity contribution in [3.05, 3.63) is 47.2 Å². The van der Waals surface area contributed by atoms with Gasteiger partial charge in [-0.1, -0.05) is 30.8 Å². The highest BCUT2D eigenvalue weighted by molar-refractivity contribution is 7.98. The molecule has 2 aromatic rings. The number of anilines is 1. The minimum Gasteiger partial charge on any atom is -0.378 e. The van der Waals surface area contributed by atoms with Crippen LogP contribution in [0.5, 0.6) is 0 Å². The number of hydrogen-bond acceptors (Lipinski definition) is 6. The first kappa shape index (κ1) is 20.6. The van der Waals surface area contributed by atoms with Gasteiger partial charge in [0, 0.05) is 42.2 Å². The van der Waals surface area contributed by atoms with Crippen molar-refractivity contribution in [1.82, 2.24) is 15.3 Å². The van der Waals surface area contributed by atoms with Gasteiger partial charge >= 0.3 is 0 Å². The predicted molar refractivity (Wildman–Crippen MR) is 113 cm³/mol. The molecule has 0 aliphatic carbocycles. The van der Waals surface area contributed by atoms with Gasteiger partial charge < -0.3 is 15.0 Å². The summed E-state index contributed by atoms with van der Waals surface area (Å²) in [7, 11) is 0. The molecule has 2 heterocycles. The Hall–Kier alpha value is -2.12. The summed E-state index contributed by atoms with van der Waals surface area (Å²) in [5.41, 5.74) is 2.88. The molecule has 1 N–H and O–H groups in total. The van der Waals surface area contributed by atoms with Gasteiger partial charge in [0.2, 0.25) is 0 Å². The smallest absolute Gasteiger partial charge is 0.251 e. The number of carbonyl (C=O) groups is 1. The van der Waals surface area contributed by atoms with Gasteiger partial charge in [0.1, 0.15) is 5.82 Å². The summed E-state index contributed by atoms with van der Waals surface area (Å²) >= 11 is 1.63. The quantitative estimate of drug-likeness (QED) is 0.568. The Labute approximate surface area is 171 Å². The van der Waals surface area contributed by atoms with Crippen LogP contribution in [0.25, 0.3) is 0 Å². The Balaban J connectivity index is 1.65. The number of amides is 1. The van der Waals surface area contributed by atoms with Crippen LogP contribution in [0.2, 0.25) is 0 Å². The first-order valence-electron chi connectivity index (χ1n) is 9.78. The van der Waals surface area contributed by atoms with Crippen LogP contribution in [0, 0.1) is 0 Å². The van der Waals surface area contributed by atoms with E-state index in [0.717, 1.165) is 60.7 Å². The molecule has 7 heteroatoms. The van der Waals surface area contributed by atoms with Gasteiger partial charge in [-0.15, -0.1) is 0 Å².